The lowest BCUT2D eigenvalue weighted by atomic mass is 10.3. The smallest absolute Gasteiger partial charge is 0.352 e. The topological polar surface area (TPSA) is 68.5 Å². The summed E-state index contributed by atoms with van der Waals surface area (Å²) in [6, 6.07) is 1.60. The van der Waals surface area contributed by atoms with Crippen molar-refractivity contribution in [3.63, 3.8) is 0 Å². The third-order valence-electron chi connectivity index (χ3n) is 2.17. The summed E-state index contributed by atoms with van der Waals surface area (Å²) in [7, 11) is 0. The molecule has 0 aliphatic rings. The average Bonchev–Trinajstić information content (AvgIpc) is 2.60. The Morgan fingerprint density at radius 2 is 2.24 bits per heavy atom. The minimum absolute atomic E-state index is 0.244. The Balaban J connectivity index is 2.51. The summed E-state index contributed by atoms with van der Waals surface area (Å²) in [6.07, 6.45) is 2.64. The molecular weight excluding hydrogens is 337 g/mol. The summed E-state index contributed by atoms with van der Waals surface area (Å²) in [6.45, 7) is 2.64. The van der Waals surface area contributed by atoms with Crippen LogP contribution < -0.4 is 0 Å². The van der Waals surface area contributed by atoms with Crippen LogP contribution in [0.25, 0.3) is 0 Å². The Morgan fingerprint density at radius 1 is 1.53 bits per heavy atom. The number of hydrogen-bond donors (Lipinski definition) is 1. The lowest BCUT2D eigenvalue weighted by molar-refractivity contribution is -0.143. The second-order valence-electron chi connectivity index (χ2n) is 3.45. The molecule has 5 nitrogen and oxygen atoms in total. The number of aromatic nitrogens is 1. The fourth-order valence-electron chi connectivity index (χ4n) is 1.47. The van der Waals surface area contributed by atoms with Crippen LogP contribution in [0, 0.1) is 3.57 Å². The van der Waals surface area contributed by atoms with Gasteiger partial charge in [0.1, 0.15) is 5.69 Å². The molecule has 1 aromatic rings. The maximum Gasteiger partial charge on any atom is 0.352 e. The quantitative estimate of drug-likeness (QED) is 0.630. The van der Waals surface area contributed by atoms with Gasteiger partial charge >= 0.3 is 11.9 Å². The lowest BCUT2D eigenvalue weighted by Crippen LogP contribution is -2.10. The third kappa shape index (κ3) is 4.37. The van der Waals surface area contributed by atoms with Crippen molar-refractivity contribution in [2.45, 2.75) is 26.3 Å². The minimum Gasteiger partial charge on any atom is -0.477 e. The summed E-state index contributed by atoms with van der Waals surface area (Å²) in [4.78, 5) is 22.0. The van der Waals surface area contributed by atoms with Gasteiger partial charge in [-0.1, -0.05) is 0 Å². The molecule has 6 heteroatoms. The minimum atomic E-state index is -0.955. The Kier molecular flexibility index (Phi) is 5.46. The molecule has 0 saturated heterocycles. The van der Waals surface area contributed by atoms with Crippen molar-refractivity contribution >= 4 is 34.5 Å². The molecule has 0 saturated carbocycles. The first-order valence-electron chi connectivity index (χ1n) is 5.29. The summed E-state index contributed by atoms with van der Waals surface area (Å²) in [5.74, 6) is -1.20. The molecule has 0 radical (unpaired) electrons. The van der Waals surface area contributed by atoms with Crippen molar-refractivity contribution in [2.24, 2.45) is 0 Å². The van der Waals surface area contributed by atoms with Crippen molar-refractivity contribution in [3.8, 4) is 0 Å². The number of hydrogen-bond acceptors (Lipinski definition) is 3. The van der Waals surface area contributed by atoms with Gasteiger partial charge < -0.3 is 14.4 Å². The number of carbonyl (C=O) groups excluding carboxylic acids is 1. The van der Waals surface area contributed by atoms with Crippen LogP contribution in [0.1, 0.15) is 30.3 Å². The molecule has 0 aliphatic heterocycles. The van der Waals surface area contributed by atoms with E-state index >= 15 is 0 Å². The highest BCUT2D eigenvalue weighted by Crippen LogP contribution is 2.12. The van der Waals surface area contributed by atoms with Gasteiger partial charge in [-0.05, 0) is 42.0 Å². The Labute approximate surface area is 113 Å². The molecule has 1 aromatic heterocycles. The molecule has 0 bridgehead atoms. The van der Waals surface area contributed by atoms with Gasteiger partial charge in [0.05, 0.1) is 6.61 Å². The van der Waals surface area contributed by atoms with Gasteiger partial charge in [-0.25, -0.2) is 4.79 Å². The van der Waals surface area contributed by atoms with Gasteiger partial charge in [0.15, 0.2) is 0 Å². The van der Waals surface area contributed by atoms with Crippen LogP contribution in [0.3, 0.4) is 0 Å². The van der Waals surface area contributed by atoms with Crippen molar-refractivity contribution in [1.29, 1.82) is 0 Å². The predicted molar refractivity (Wildman–Crippen MR) is 70.0 cm³/mol. The van der Waals surface area contributed by atoms with Crippen LogP contribution in [0.15, 0.2) is 12.3 Å². The van der Waals surface area contributed by atoms with Crippen molar-refractivity contribution < 1.29 is 19.4 Å². The Bertz CT molecular complexity index is 414. The zero-order valence-corrected chi connectivity index (χ0v) is 11.6. The van der Waals surface area contributed by atoms with E-state index in [2.05, 4.69) is 22.6 Å². The Hall–Kier alpha value is -1.05. The first kappa shape index (κ1) is 14.0. The number of carbonyl (C=O) groups is 2. The highest BCUT2D eigenvalue weighted by molar-refractivity contribution is 14.1. The van der Waals surface area contributed by atoms with E-state index in [1.54, 1.807) is 23.8 Å². The predicted octanol–water partition coefficient (Wildman–Crippen LogP) is 2.13. The molecule has 17 heavy (non-hydrogen) atoms. The van der Waals surface area contributed by atoms with Crippen LogP contribution in [-0.2, 0) is 16.1 Å². The first-order valence-corrected chi connectivity index (χ1v) is 6.37. The first-order chi connectivity index (χ1) is 8.04. The van der Waals surface area contributed by atoms with E-state index in [0.29, 0.717) is 26.0 Å². The van der Waals surface area contributed by atoms with Gasteiger partial charge in [-0.2, -0.15) is 0 Å². The van der Waals surface area contributed by atoms with Gasteiger partial charge in [-0.15, -0.1) is 0 Å². The molecule has 1 N–H and O–H groups in total. The van der Waals surface area contributed by atoms with E-state index in [1.165, 1.54) is 0 Å². The summed E-state index contributed by atoms with van der Waals surface area (Å²) in [5, 5.41) is 8.96. The molecule has 0 atom stereocenters. The number of carboxylic acids is 1. The van der Waals surface area contributed by atoms with Crippen LogP contribution in [0.4, 0.5) is 0 Å². The summed E-state index contributed by atoms with van der Waals surface area (Å²) in [5.41, 5.74) is 0.248. The molecule has 0 aliphatic carbocycles. The zero-order chi connectivity index (χ0) is 12.8. The molecule has 0 unspecified atom stereocenters. The number of carboxylic acid groups (broad SMARTS) is 1. The maximum atomic E-state index is 11.1. The molecule has 0 aromatic carbocycles. The molecule has 0 amide bonds. The largest absolute Gasteiger partial charge is 0.477 e. The number of ether oxygens (including phenoxy) is 1. The molecule has 94 valence electrons. The second-order valence-corrected chi connectivity index (χ2v) is 4.70. The fourth-order valence-corrected chi connectivity index (χ4v) is 2.10. The average molecular weight is 351 g/mol. The second kappa shape index (κ2) is 6.63. The number of nitrogens with zero attached hydrogens (tertiary/aromatic N) is 1. The lowest BCUT2D eigenvalue weighted by Gasteiger charge is -2.05. The van der Waals surface area contributed by atoms with E-state index in [1.807, 2.05) is 0 Å². The van der Waals surface area contributed by atoms with Gasteiger partial charge in [0.2, 0.25) is 0 Å². The zero-order valence-electron chi connectivity index (χ0n) is 9.48. The van der Waals surface area contributed by atoms with Crippen LogP contribution >= 0.6 is 22.6 Å². The third-order valence-corrected chi connectivity index (χ3v) is 2.76. The van der Waals surface area contributed by atoms with E-state index < -0.39 is 5.97 Å². The molecular formula is C11H14INO4. The normalized spacial score (nSPS) is 10.2. The van der Waals surface area contributed by atoms with E-state index in [4.69, 9.17) is 9.84 Å². The molecule has 1 heterocycles. The molecule has 0 fully saturated rings. The van der Waals surface area contributed by atoms with E-state index in [-0.39, 0.29) is 11.7 Å². The van der Waals surface area contributed by atoms with Crippen LogP contribution in [0.2, 0.25) is 0 Å². The highest BCUT2D eigenvalue weighted by Gasteiger charge is 2.11. The van der Waals surface area contributed by atoms with Crippen LogP contribution in [-0.4, -0.2) is 28.2 Å². The standard InChI is InChI=1S/C11H14INO4/c1-2-17-10(14)4-3-5-13-7-8(12)6-9(13)11(15)16/h6-7H,2-5H2,1H3,(H,15,16). The Morgan fingerprint density at radius 3 is 2.82 bits per heavy atom. The van der Waals surface area contributed by atoms with Gasteiger partial charge in [0, 0.05) is 22.7 Å². The number of aryl methyl sites for hydroxylation is 1. The van der Waals surface area contributed by atoms with Crippen molar-refractivity contribution in [3.05, 3.63) is 21.5 Å². The summed E-state index contributed by atoms with van der Waals surface area (Å²) >= 11 is 2.06. The molecule has 0 spiro atoms. The number of esters is 1. The monoisotopic (exact) mass is 351 g/mol. The SMILES string of the molecule is CCOC(=O)CCCn1cc(I)cc1C(=O)O. The van der Waals surface area contributed by atoms with Crippen molar-refractivity contribution in [1.82, 2.24) is 4.57 Å². The van der Waals surface area contributed by atoms with Crippen LogP contribution in [0.5, 0.6) is 0 Å². The van der Waals surface area contributed by atoms with Gasteiger partial charge in [0.25, 0.3) is 0 Å². The number of aromatic carboxylic acids is 1. The fraction of sp³-hybridized carbons (Fsp3) is 0.455. The molecule has 1 rings (SSSR count). The van der Waals surface area contributed by atoms with E-state index in [9.17, 15) is 9.59 Å². The summed E-state index contributed by atoms with van der Waals surface area (Å²) < 4.78 is 7.31. The maximum absolute atomic E-state index is 11.1. The van der Waals surface area contributed by atoms with E-state index in [0.717, 1.165) is 3.57 Å². The van der Waals surface area contributed by atoms with Gasteiger partial charge in [-0.3, -0.25) is 4.79 Å². The number of rotatable bonds is 6. The highest BCUT2D eigenvalue weighted by atomic mass is 127. The number of halogens is 1. The van der Waals surface area contributed by atoms with Crippen molar-refractivity contribution in [2.75, 3.05) is 6.61 Å².